The summed E-state index contributed by atoms with van der Waals surface area (Å²) in [6.45, 7) is 4.25. The number of carbonyl (C=O) groups is 1. The third-order valence-electron chi connectivity index (χ3n) is 5.11. The van der Waals surface area contributed by atoms with Crippen LogP contribution in [0, 0.1) is 11.3 Å². The number of anilines is 1. The van der Waals surface area contributed by atoms with Crippen LogP contribution in [0.1, 0.15) is 63.5 Å². The second kappa shape index (κ2) is 10.0. The number of aromatic nitrogens is 2. The maximum atomic E-state index is 12.6. The van der Waals surface area contributed by atoms with E-state index >= 15 is 0 Å². The van der Waals surface area contributed by atoms with E-state index < -0.39 is 11.9 Å². The fraction of sp³-hybridized carbons (Fsp3) is 0.545. The summed E-state index contributed by atoms with van der Waals surface area (Å²) < 4.78 is 5.41. The maximum absolute atomic E-state index is 12.6. The number of para-hydroxylation sites is 2. The Morgan fingerprint density at radius 2 is 1.82 bits per heavy atom. The first-order valence-corrected chi connectivity index (χ1v) is 10.3. The number of unbranched alkanes of at least 4 members (excludes halogenated alkanes) is 4. The molecule has 6 nitrogen and oxygen atoms in total. The van der Waals surface area contributed by atoms with Crippen LogP contribution in [0.15, 0.2) is 24.3 Å². The molecule has 28 heavy (non-hydrogen) atoms. The van der Waals surface area contributed by atoms with Crippen LogP contribution in [-0.4, -0.2) is 35.6 Å². The number of hydrogen-bond donors (Lipinski definition) is 0. The molecular weight excluding hydrogens is 352 g/mol. The normalized spacial score (nSPS) is 14.8. The number of rotatable bonds is 9. The minimum atomic E-state index is -1.05. The first kappa shape index (κ1) is 20.1. The zero-order valence-electron chi connectivity index (χ0n) is 16.6. The van der Waals surface area contributed by atoms with Gasteiger partial charge in [-0.1, -0.05) is 44.7 Å². The molecule has 1 aromatic heterocycles. The summed E-state index contributed by atoms with van der Waals surface area (Å²) in [4.78, 5) is 24.2. The average Bonchev–Trinajstić information content (AvgIpc) is 3.25. The molecular formula is C22H28N4O2. The van der Waals surface area contributed by atoms with Crippen LogP contribution >= 0.6 is 0 Å². The maximum Gasteiger partial charge on any atom is 0.329 e. The van der Waals surface area contributed by atoms with Gasteiger partial charge in [-0.05, 0) is 31.4 Å². The Morgan fingerprint density at radius 3 is 2.50 bits per heavy atom. The van der Waals surface area contributed by atoms with E-state index in [9.17, 15) is 10.1 Å². The summed E-state index contributed by atoms with van der Waals surface area (Å²) in [7, 11) is 0. The lowest BCUT2D eigenvalue weighted by atomic mass is 10.1. The van der Waals surface area contributed by atoms with Crippen molar-refractivity contribution in [2.45, 2.75) is 57.8 Å². The number of fused-ring (bicyclic) bond motifs is 1. The summed E-state index contributed by atoms with van der Waals surface area (Å²) in [5, 5.41) is 9.72. The van der Waals surface area contributed by atoms with Crippen molar-refractivity contribution in [2.75, 3.05) is 24.6 Å². The molecule has 148 valence electrons. The van der Waals surface area contributed by atoms with Gasteiger partial charge in [0, 0.05) is 13.1 Å². The molecule has 1 aliphatic heterocycles. The van der Waals surface area contributed by atoms with Crippen LogP contribution in [0.2, 0.25) is 0 Å². The van der Waals surface area contributed by atoms with Crippen LogP contribution < -0.4 is 4.90 Å². The minimum absolute atomic E-state index is 0.348. The van der Waals surface area contributed by atoms with E-state index in [1.807, 2.05) is 24.3 Å². The highest BCUT2D eigenvalue weighted by atomic mass is 16.5. The first-order valence-electron chi connectivity index (χ1n) is 10.3. The molecule has 1 fully saturated rings. The molecule has 1 atom stereocenters. The highest BCUT2D eigenvalue weighted by molar-refractivity contribution is 5.85. The van der Waals surface area contributed by atoms with Crippen LogP contribution in [0.4, 0.5) is 5.82 Å². The summed E-state index contributed by atoms with van der Waals surface area (Å²) in [6.07, 6.45) is 7.53. The van der Waals surface area contributed by atoms with Crippen LogP contribution in [0.25, 0.3) is 11.0 Å². The molecule has 0 radical (unpaired) electrons. The van der Waals surface area contributed by atoms with E-state index in [-0.39, 0.29) is 0 Å². The van der Waals surface area contributed by atoms with Crippen LogP contribution in [0.3, 0.4) is 0 Å². The Morgan fingerprint density at radius 1 is 1.14 bits per heavy atom. The molecule has 3 rings (SSSR count). The number of nitriles is 1. The van der Waals surface area contributed by atoms with Gasteiger partial charge in [-0.15, -0.1) is 0 Å². The van der Waals surface area contributed by atoms with Crippen molar-refractivity contribution in [2.24, 2.45) is 0 Å². The number of ether oxygens (including phenoxy) is 1. The number of esters is 1. The Bertz CT molecular complexity index is 840. The van der Waals surface area contributed by atoms with Crippen molar-refractivity contribution in [1.29, 1.82) is 5.26 Å². The van der Waals surface area contributed by atoms with Gasteiger partial charge in [0.25, 0.3) is 0 Å². The summed E-state index contributed by atoms with van der Waals surface area (Å²) in [6, 6.07) is 9.66. The first-order chi connectivity index (χ1) is 13.7. The molecule has 0 saturated carbocycles. The van der Waals surface area contributed by atoms with Crippen molar-refractivity contribution < 1.29 is 9.53 Å². The van der Waals surface area contributed by atoms with Crippen molar-refractivity contribution in [3.05, 3.63) is 30.0 Å². The predicted octanol–water partition coefficient (Wildman–Crippen LogP) is 4.35. The molecule has 2 heterocycles. The van der Waals surface area contributed by atoms with Crippen molar-refractivity contribution in [3.63, 3.8) is 0 Å². The lowest BCUT2D eigenvalue weighted by Crippen LogP contribution is -2.25. The lowest BCUT2D eigenvalue weighted by Gasteiger charge is -2.21. The molecule has 0 unspecified atom stereocenters. The van der Waals surface area contributed by atoms with Gasteiger partial charge in [0.1, 0.15) is 5.69 Å². The van der Waals surface area contributed by atoms with Gasteiger partial charge in [-0.2, -0.15) is 5.26 Å². The van der Waals surface area contributed by atoms with E-state index in [4.69, 9.17) is 9.72 Å². The highest BCUT2D eigenvalue weighted by Gasteiger charge is 2.30. The van der Waals surface area contributed by atoms with Gasteiger partial charge in [0.05, 0.1) is 23.7 Å². The van der Waals surface area contributed by atoms with Gasteiger partial charge in [0.15, 0.2) is 11.7 Å². The van der Waals surface area contributed by atoms with Crippen LogP contribution in [-0.2, 0) is 9.53 Å². The quantitative estimate of drug-likeness (QED) is 0.475. The largest absolute Gasteiger partial charge is 0.464 e. The second-order valence-electron chi connectivity index (χ2n) is 7.26. The van der Waals surface area contributed by atoms with Gasteiger partial charge in [-0.25, -0.2) is 9.97 Å². The third kappa shape index (κ3) is 4.78. The van der Waals surface area contributed by atoms with E-state index in [0.717, 1.165) is 50.7 Å². The van der Waals surface area contributed by atoms with Gasteiger partial charge in [0.2, 0.25) is 0 Å². The molecule has 0 aliphatic carbocycles. The molecule has 0 bridgehead atoms. The topological polar surface area (TPSA) is 79.1 Å². The Hall–Kier alpha value is -2.68. The molecule has 0 N–H and O–H groups in total. The molecule has 0 amide bonds. The standard InChI is InChI=1S/C22H28N4O2/c1-2-3-4-5-10-15-28-22(27)17(16-23)20-21(26-13-8-9-14-26)25-19-12-7-6-11-18(19)24-20/h6-7,11-12,17H,2-5,8-10,13-15H2,1H3/t17-/m1/s1. The molecule has 1 aromatic carbocycles. The SMILES string of the molecule is CCCCCCCOC(=O)[C@H](C#N)c1nc2ccccc2nc1N1CCCC1. The van der Waals surface area contributed by atoms with Crippen LogP contribution in [0.5, 0.6) is 0 Å². The lowest BCUT2D eigenvalue weighted by molar-refractivity contribution is -0.144. The molecule has 6 heteroatoms. The number of carbonyl (C=O) groups excluding carboxylic acids is 1. The number of hydrogen-bond acceptors (Lipinski definition) is 6. The van der Waals surface area contributed by atoms with E-state index in [2.05, 4.69) is 22.9 Å². The summed E-state index contributed by atoms with van der Waals surface area (Å²) in [5.74, 6) is -0.936. The van der Waals surface area contributed by atoms with E-state index in [1.54, 1.807) is 0 Å². The summed E-state index contributed by atoms with van der Waals surface area (Å²) in [5.41, 5.74) is 1.88. The van der Waals surface area contributed by atoms with Gasteiger partial charge < -0.3 is 9.64 Å². The smallest absolute Gasteiger partial charge is 0.329 e. The Labute approximate surface area is 166 Å². The predicted molar refractivity (Wildman–Crippen MR) is 109 cm³/mol. The molecule has 2 aromatic rings. The molecule has 1 aliphatic rings. The minimum Gasteiger partial charge on any atom is -0.464 e. The van der Waals surface area contributed by atoms with Gasteiger partial charge in [-0.3, -0.25) is 4.79 Å². The zero-order valence-corrected chi connectivity index (χ0v) is 16.6. The number of benzene rings is 1. The van der Waals surface area contributed by atoms with Crippen molar-refractivity contribution in [3.8, 4) is 6.07 Å². The van der Waals surface area contributed by atoms with Gasteiger partial charge >= 0.3 is 5.97 Å². The monoisotopic (exact) mass is 380 g/mol. The van der Waals surface area contributed by atoms with Crippen molar-refractivity contribution in [1.82, 2.24) is 9.97 Å². The molecule has 0 spiro atoms. The number of nitrogens with zero attached hydrogens (tertiary/aromatic N) is 4. The van der Waals surface area contributed by atoms with E-state index in [0.29, 0.717) is 23.6 Å². The molecule has 1 saturated heterocycles. The Kier molecular flexibility index (Phi) is 7.18. The second-order valence-corrected chi connectivity index (χ2v) is 7.26. The third-order valence-corrected chi connectivity index (χ3v) is 5.11. The average molecular weight is 380 g/mol. The fourth-order valence-corrected chi connectivity index (χ4v) is 3.55. The zero-order chi connectivity index (χ0) is 19.8. The van der Waals surface area contributed by atoms with E-state index in [1.165, 1.54) is 12.8 Å². The fourth-order valence-electron chi connectivity index (χ4n) is 3.55. The highest BCUT2D eigenvalue weighted by Crippen LogP contribution is 2.30. The van der Waals surface area contributed by atoms with Crippen molar-refractivity contribution >= 4 is 22.8 Å². The Balaban J connectivity index is 1.79. The summed E-state index contributed by atoms with van der Waals surface area (Å²) >= 11 is 0.